The lowest BCUT2D eigenvalue weighted by Gasteiger charge is -2.21. The maximum atomic E-state index is 12.4. The van der Waals surface area contributed by atoms with Gasteiger partial charge in [0.05, 0.1) is 11.0 Å². The molecule has 0 atom stereocenters. The molecule has 1 aromatic heterocycles. The summed E-state index contributed by atoms with van der Waals surface area (Å²) in [6, 6.07) is 8.01. The Morgan fingerprint density at radius 1 is 1.23 bits per heavy atom. The third-order valence-electron chi connectivity index (χ3n) is 4.81. The maximum absolute atomic E-state index is 12.4. The third kappa shape index (κ3) is 5.26. The second-order valence-corrected chi connectivity index (χ2v) is 9.26. The van der Waals surface area contributed by atoms with E-state index < -0.39 is 5.60 Å². The van der Waals surface area contributed by atoms with E-state index in [4.69, 9.17) is 9.72 Å². The average molecular weight is 375 g/mol. The molecule has 1 aromatic carbocycles. The number of carbonyl (C=O) groups is 1. The Morgan fingerprint density at radius 3 is 2.69 bits per heavy atom. The minimum absolute atomic E-state index is 0.212. The van der Waals surface area contributed by atoms with E-state index >= 15 is 0 Å². The van der Waals surface area contributed by atoms with Crippen molar-refractivity contribution >= 4 is 28.8 Å². The number of ether oxygens (including phenoxy) is 1. The van der Waals surface area contributed by atoms with Gasteiger partial charge in [-0.3, -0.25) is 4.79 Å². The highest BCUT2D eigenvalue weighted by molar-refractivity contribution is 7.99. The Labute approximate surface area is 160 Å². The molecule has 0 N–H and O–H groups in total. The van der Waals surface area contributed by atoms with Gasteiger partial charge in [0.15, 0.2) is 5.16 Å². The smallest absolute Gasteiger partial charge is 0.326 e. The Balaban J connectivity index is 1.70. The molecule has 0 aliphatic heterocycles. The van der Waals surface area contributed by atoms with Crippen LogP contribution in [0.1, 0.15) is 59.3 Å². The summed E-state index contributed by atoms with van der Waals surface area (Å²) in [4.78, 5) is 17.1. The van der Waals surface area contributed by atoms with E-state index in [1.807, 2.05) is 49.6 Å². The van der Waals surface area contributed by atoms with E-state index in [-0.39, 0.29) is 12.5 Å². The Bertz CT molecular complexity index is 742. The molecule has 5 heteroatoms. The van der Waals surface area contributed by atoms with Gasteiger partial charge in [-0.05, 0) is 45.2 Å². The van der Waals surface area contributed by atoms with E-state index in [1.165, 1.54) is 38.5 Å². The maximum Gasteiger partial charge on any atom is 0.326 e. The van der Waals surface area contributed by atoms with Crippen LogP contribution >= 0.6 is 11.8 Å². The summed E-state index contributed by atoms with van der Waals surface area (Å²) in [5, 5.41) is 0.924. The Kier molecular flexibility index (Phi) is 6.28. The van der Waals surface area contributed by atoms with Gasteiger partial charge in [-0.15, -0.1) is 0 Å². The van der Waals surface area contributed by atoms with E-state index in [2.05, 4.69) is 0 Å². The standard InChI is InChI=1S/C21H30N2O2S/c1-21(2,3)25-19(24)15-23-18-12-8-7-11-17(18)22-20(23)26-14-13-16-9-5-4-6-10-16/h7-8,11-12,16H,4-6,9-10,13-15H2,1-3H3. The zero-order valence-electron chi connectivity index (χ0n) is 16.2. The lowest BCUT2D eigenvalue weighted by molar-refractivity contribution is -0.155. The van der Waals surface area contributed by atoms with Gasteiger partial charge >= 0.3 is 5.97 Å². The number of fused-ring (bicyclic) bond motifs is 1. The molecule has 142 valence electrons. The molecule has 0 amide bonds. The van der Waals surface area contributed by atoms with Gasteiger partial charge in [0.1, 0.15) is 12.1 Å². The third-order valence-corrected chi connectivity index (χ3v) is 5.82. The minimum atomic E-state index is -0.470. The number of para-hydroxylation sites is 2. The number of rotatable bonds is 6. The highest BCUT2D eigenvalue weighted by atomic mass is 32.2. The molecule has 26 heavy (non-hydrogen) atoms. The zero-order chi connectivity index (χ0) is 18.6. The lowest BCUT2D eigenvalue weighted by Crippen LogP contribution is -2.26. The summed E-state index contributed by atoms with van der Waals surface area (Å²) in [6.45, 7) is 5.91. The number of benzene rings is 1. The fourth-order valence-corrected chi connectivity index (χ4v) is 4.73. The van der Waals surface area contributed by atoms with Gasteiger partial charge in [0.2, 0.25) is 0 Å². The van der Waals surface area contributed by atoms with Crippen LogP contribution in [0.2, 0.25) is 0 Å². The summed E-state index contributed by atoms with van der Waals surface area (Å²) in [5.74, 6) is 1.71. The van der Waals surface area contributed by atoms with Crippen LogP contribution < -0.4 is 0 Å². The van der Waals surface area contributed by atoms with Gasteiger partial charge in [-0.2, -0.15) is 0 Å². The van der Waals surface area contributed by atoms with Gasteiger partial charge in [-0.25, -0.2) is 4.98 Å². The summed E-state index contributed by atoms with van der Waals surface area (Å²) in [5.41, 5.74) is 1.47. The second-order valence-electron chi connectivity index (χ2n) is 8.20. The molecule has 3 rings (SSSR count). The number of thioether (sulfide) groups is 1. The van der Waals surface area contributed by atoms with Crippen molar-refractivity contribution in [3.8, 4) is 0 Å². The molecule has 2 aromatic rings. The van der Waals surface area contributed by atoms with Crippen LogP contribution in [0.4, 0.5) is 0 Å². The molecular weight excluding hydrogens is 344 g/mol. The van der Waals surface area contributed by atoms with Gasteiger partial charge in [0.25, 0.3) is 0 Å². The van der Waals surface area contributed by atoms with Crippen molar-refractivity contribution < 1.29 is 9.53 Å². The first-order valence-corrected chi connectivity index (χ1v) is 10.7. The molecule has 1 aliphatic rings. The normalized spacial score (nSPS) is 16.1. The van der Waals surface area contributed by atoms with Crippen molar-refractivity contribution in [2.24, 2.45) is 5.92 Å². The molecule has 0 saturated heterocycles. The van der Waals surface area contributed by atoms with E-state index in [0.29, 0.717) is 0 Å². The number of hydrogen-bond acceptors (Lipinski definition) is 4. The number of aromatic nitrogens is 2. The predicted octanol–water partition coefficient (Wildman–Crippen LogP) is 5.44. The zero-order valence-corrected chi connectivity index (χ0v) is 17.0. The van der Waals surface area contributed by atoms with Crippen LogP contribution in [0.15, 0.2) is 29.4 Å². The van der Waals surface area contributed by atoms with Crippen LogP contribution in [0.5, 0.6) is 0 Å². The first-order chi connectivity index (χ1) is 12.4. The van der Waals surface area contributed by atoms with Crippen LogP contribution in [0.25, 0.3) is 11.0 Å². The molecule has 1 saturated carbocycles. The van der Waals surface area contributed by atoms with E-state index in [0.717, 1.165) is 27.9 Å². The molecule has 0 unspecified atom stereocenters. The fourth-order valence-electron chi connectivity index (χ4n) is 3.61. The second kappa shape index (κ2) is 8.47. The SMILES string of the molecule is CC(C)(C)OC(=O)Cn1c(SCCC2CCCCC2)nc2ccccc21. The fraction of sp³-hybridized carbons (Fsp3) is 0.619. The van der Waals surface area contributed by atoms with Crippen LogP contribution in [0.3, 0.4) is 0 Å². The summed E-state index contributed by atoms with van der Waals surface area (Å²) >= 11 is 1.77. The van der Waals surface area contributed by atoms with Crippen LogP contribution in [-0.2, 0) is 16.1 Å². The minimum Gasteiger partial charge on any atom is -0.459 e. The van der Waals surface area contributed by atoms with Gasteiger partial charge in [-0.1, -0.05) is 56.0 Å². The molecule has 0 bridgehead atoms. The molecule has 0 spiro atoms. The van der Waals surface area contributed by atoms with Crippen LogP contribution in [-0.4, -0.2) is 26.9 Å². The lowest BCUT2D eigenvalue weighted by atomic mass is 9.88. The molecule has 1 heterocycles. The number of carbonyl (C=O) groups excluding carboxylic acids is 1. The number of esters is 1. The largest absolute Gasteiger partial charge is 0.459 e. The van der Waals surface area contributed by atoms with Crippen LogP contribution in [0, 0.1) is 5.92 Å². The summed E-state index contributed by atoms with van der Waals surface area (Å²) < 4.78 is 7.53. The first kappa shape index (κ1) is 19.3. The molecule has 1 aliphatic carbocycles. The van der Waals surface area contributed by atoms with E-state index in [1.54, 1.807) is 11.8 Å². The topological polar surface area (TPSA) is 44.1 Å². The van der Waals surface area contributed by atoms with Crippen molar-refractivity contribution in [2.75, 3.05) is 5.75 Å². The number of imidazole rings is 1. The van der Waals surface area contributed by atoms with Gasteiger partial charge < -0.3 is 9.30 Å². The van der Waals surface area contributed by atoms with Crippen molar-refractivity contribution in [3.05, 3.63) is 24.3 Å². The molecular formula is C21H30N2O2S. The molecule has 1 fully saturated rings. The quantitative estimate of drug-likeness (QED) is 0.499. The summed E-state index contributed by atoms with van der Waals surface area (Å²) in [6.07, 6.45) is 8.14. The summed E-state index contributed by atoms with van der Waals surface area (Å²) in [7, 11) is 0. The van der Waals surface area contributed by atoms with Crippen molar-refractivity contribution in [1.82, 2.24) is 9.55 Å². The average Bonchev–Trinajstić information content (AvgIpc) is 2.92. The Hall–Kier alpha value is -1.49. The highest BCUT2D eigenvalue weighted by Crippen LogP contribution is 2.30. The highest BCUT2D eigenvalue weighted by Gasteiger charge is 2.20. The monoisotopic (exact) mass is 374 g/mol. The first-order valence-electron chi connectivity index (χ1n) is 9.72. The van der Waals surface area contributed by atoms with Crippen molar-refractivity contribution in [3.63, 3.8) is 0 Å². The Morgan fingerprint density at radius 2 is 1.96 bits per heavy atom. The van der Waals surface area contributed by atoms with Crippen molar-refractivity contribution in [1.29, 1.82) is 0 Å². The number of nitrogens with zero attached hydrogens (tertiary/aromatic N) is 2. The van der Waals surface area contributed by atoms with Gasteiger partial charge in [0, 0.05) is 5.75 Å². The van der Waals surface area contributed by atoms with E-state index in [9.17, 15) is 4.79 Å². The number of hydrogen-bond donors (Lipinski definition) is 0. The molecule has 0 radical (unpaired) electrons. The molecule has 4 nitrogen and oxygen atoms in total. The van der Waals surface area contributed by atoms with Crippen molar-refractivity contribution in [2.45, 2.75) is 76.6 Å². The predicted molar refractivity (Wildman–Crippen MR) is 107 cm³/mol.